The maximum Gasteiger partial charge on any atom is 0.120 e. The van der Waals surface area contributed by atoms with Gasteiger partial charge in [-0.1, -0.05) is 17.7 Å². The van der Waals surface area contributed by atoms with Crippen molar-refractivity contribution in [2.24, 2.45) is 0 Å². The predicted molar refractivity (Wildman–Crippen MR) is 77.3 cm³/mol. The Balaban J connectivity index is 1.75. The smallest absolute Gasteiger partial charge is 0.120 e. The lowest BCUT2D eigenvalue weighted by Crippen LogP contribution is -2.17. The first-order valence-electron chi connectivity index (χ1n) is 6.26. The Morgan fingerprint density at radius 3 is 3.05 bits per heavy atom. The first kappa shape index (κ1) is 12.3. The Morgan fingerprint density at radius 1 is 1.37 bits per heavy atom. The molecule has 0 spiro atoms. The zero-order chi connectivity index (χ0) is 13.2. The lowest BCUT2D eigenvalue weighted by Gasteiger charge is -2.10. The maximum absolute atomic E-state index is 5.97. The molecular weight excluding hydrogens is 260 g/mol. The number of benzene rings is 1. The molecule has 3 rings (SSSR count). The summed E-state index contributed by atoms with van der Waals surface area (Å²) in [5.41, 5.74) is 2.29. The van der Waals surface area contributed by atoms with Gasteiger partial charge in [0, 0.05) is 28.7 Å². The molecule has 2 N–H and O–H groups in total. The van der Waals surface area contributed by atoms with Crippen molar-refractivity contribution in [2.75, 3.05) is 0 Å². The molecule has 98 valence electrons. The van der Waals surface area contributed by atoms with Crippen molar-refractivity contribution in [3.05, 3.63) is 59.1 Å². The van der Waals surface area contributed by atoms with Crippen LogP contribution in [0.4, 0.5) is 0 Å². The summed E-state index contributed by atoms with van der Waals surface area (Å²) in [6.45, 7) is 2.87. The quantitative estimate of drug-likeness (QED) is 0.746. The second-order valence-electron chi connectivity index (χ2n) is 4.62. The van der Waals surface area contributed by atoms with Crippen LogP contribution in [0.15, 0.2) is 47.2 Å². The van der Waals surface area contributed by atoms with E-state index in [9.17, 15) is 0 Å². The van der Waals surface area contributed by atoms with E-state index in [1.165, 1.54) is 10.9 Å². The summed E-state index contributed by atoms with van der Waals surface area (Å²) in [5.74, 6) is 0.947. The number of furan rings is 1. The second kappa shape index (κ2) is 5.11. The summed E-state index contributed by atoms with van der Waals surface area (Å²) >= 11 is 5.97. The lowest BCUT2D eigenvalue weighted by atomic mass is 10.1. The normalized spacial score (nSPS) is 12.9. The van der Waals surface area contributed by atoms with Gasteiger partial charge in [0.15, 0.2) is 0 Å². The Kier molecular flexibility index (Phi) is 3.32. The molecule has 0 aliphatic carbocycles. The molecule has 4 heteroatoms. The minimum absolute atomic E-state index is 0.187. The number of aromatic amines is 1. The van der Waals surface area contributed by atoms with Crippen LogP contribution in [0.1, 0.15) is 24.3 Å². The topological polar surface area (TPSA) is 41.0 Å². The summed E-state index contributed by atoms with van der Waals surface area (Å²) in [5, 5.41) is 5.39. The molecule has 0 unspecified atom stereocenters. The van der Waals surface area contributed by atoms with E-state index in [0.717, 1.165) is 22.8 Å². The highest BCUT2D eigenvalue weighted by atomic mass is 35.5. The van der Waals surface area contributed by atoms with Gasteiger partial charge in [0.05, 0.1) is 12.3 Å². The van der Waals surface area contributed by atoms with Gasteiger partial charge in [0.25, 0.3) is 0 Å². The van der Waals surface area contributed by atoms with Crippen LogP contribution >= 0.6 is 11.6 Å². The van der Waals surface area contributed by atoms with Crippen molar-refractivity contribution in [1.29, 1.82) is 0 Å². The Morgan fingerprint density at radius 2 is 2.26 bits per heavy atom. The summed E-state index contributed by atoms with van der Waals surface area (Å²) in [6.07, 6.45) is 3.71. The van der Waals surface area contributed by atoms with E-state index < -0.39 is 0 Å². The molecule has 0 aliphatic rings. The van der Waals surface area contributed by atoms with Gasteiger partial charge in [-0.25, -0.2) is 0 Å². The fraction of sp³-hybridized carbons (Fsp3) is 0.200. The Hall–Kier alpha value is -1.71. The number of H-pyrrole nitrogens is 1. The second-order valence-corrected chi connectivity index (χ2v) is 5.06. The van der Waals surface area contributed by atoms with Crippen LogP contribution in [-0.4, -0.2) is 4.98 Å². The molecule has 0 saturated carbocycles. The Labute approximate surface area is 116 Å². The van der Waals surface area contributed by atoms with Crippen LogP contribution in [0.25, 0.3) is 10.9 Å². The van der Waals surface area contributed by atoms with Crippen molar-refractivity contribution < 1.29 is 4.42 Å². The van der Waals surface area contributed by atoms with Crippen molar-refractivity contribution in [1.82, 2.24) is 10.3 Å². The molecule has 0 fully saturated rings. The molecule has 0 bridgehead atoms. The molecule has 3 aromatic rings. The van der Waals surface area contributed by atoms with E-state index in [1.807, 2.05) is 36.5 Å². The van der Waals surface area contributed by atoms with Crippen molar-refractivity contribution in [3.8, 4) is 0 Å². The molecule has 2 heterocycles. The highest BCUT2D eigenvalue weighted by Gasteiger charge is 2.09. The van der Waals surface area contributed by atoms with Gasteiger partial charge in [0.2, 0.25) is 0 Å². The van der Waals surface area contributed by atoms with Crippen LogP contribution in [-0.2, 0) is 6.54 Å². The van der Waals surface area contributed by atoms with Crippen LogP contribution in [0, 0.1) is 0 Å². The van der Waals surface area contributed by atoms with E-state index in [4.69, 9.17) is 16.0 Å². The SMILES string of the molecule is C[C@H](NCc1c[nH]c2cc(Cl)ccc12)c1ccco1. The van der Waals surface area contributed by atoms with Gasteiger partial charge in [-0.05, 0) is 36.8 Å². The van der Waals surface area contributed by atoms with Crippen molar-refractivity contribution >= 4 is 22.5 Å². The molecule has 0 saturated heterocycles. The first-order valence-corrected chi connectivity index (χ1v) is 6.64. The third kappa shape index (κ3) is 2.53. The fourth-order valence-electron chi connectivity index (χ4n) is 2.21. The number of fused-ring (bicyclic) bond motifs is 1. The first-order chi connectivity index (χ1) is 9.24. The molecule has 2 aromatic heterocycles. The maximum atomic E-state index is 5.97. The number of halogens is 1. The number of hydrogen-bond acceptors (Lipinski definition) is 2. The average molecular weight is 275 g/mol. The standard InChI is InChI=1S/C15H15ClN2O/c1-10(15-3-2-6-19-15)17-8-11-9-18-14-7-12(16)4-5-13(11)14/h2-7,9-10,17-18H,8H2,1H3/t10-/m0/s1. The lowest BCUT2D eigenvalue weighted by molar-refractivity contribution is 0.430. The molecule has 0 aliphatic heterocycles. The summed E-state index contributed by atoms with van der Waals surface area (Å²) < 4.78 is 5.38. The number of nitrogens with one attached hydrogen (secondary N) is 2. The molecule has 1 aromatic carbocycles. The third-order valence-corrected chi connectivity index (χ3v) is 3.53. The van der Waals surface area contributed by atoms with E-state index in [1.54, 1.807) is 6.26 Å². The summed E-state index contributed by atoms with van der Waals surface area (Å²) in [7, 11) is 0. The highest BCUT2D eigenvalue weighted by Crippen LogP contribution is 2.22. The van der Waals surface area contributed by atoms with Gasteiger partial charge in [-0.3, -0.25) is 0 Å². The highest BCUT2D eigenvalue weighted by molar-refractivity contribution is 6.31. The molecule has 0 amide bonds. The molecule has 0 radical (unpaired) electrons. The number of rotatable bonds is 4. The van der Waals surface area contributed by atoms with E-state index >= 15 is 0 Å². The zero-order valence-electron chi connectivity index (χ0n) is 10.6. The minimum atomic E-state index is 0.187. The molecule has 3 nitrogen and oxygen atoms in total. The molecular formula is C15H15ClN2O. The van der Waals surface area contributed by atoms with Gasteiger partial charge < -0.3 is 14.7 Å². The Bertz CT molecular complexity index is 673. The molecule has 1 atom stereocenters. The van der Waals surface area contributed by atoms with Crippen LogP contribution in [0.3, 0.4) is 0 Å². The molecule has 19 heavy (non-hydrogen) atoms. The number of hydrogen-bond donors (Lipinski definition) is 2. The van der Waals surface area contributed by atoms with Crippen LogP contribution in [0.2, 0.25) is 5.02 Å². The van der Waals surface area contributed by atoms with Crippen molar-refractivity contribution in [3.63, 3.8) is 0 Å². The summed E-state index contributed by atoms with van der Waals surface area (Å²) in [4.78, 5) is 3.24. The monoisotopic (exact) mass is 274 g/mol. The van der Waals surface area contributed by atoms with Gasteiger partial charge in [-0.2, -0.15) is 0 Å². The number of aromatic nitrogens is 1. The van der Waals surface area contributed by atoms with Gasteiger partial charge >= 0.3 is 0 Å². The van der Waals surface area contributed by atoms with Crippen molar-refractivity contribution in [2.45, 2.75) is 19.5 Å². The third-order valence-electron chi connectivity index (χ3n) is 3.30. The zero-order valence-corrected chi connectivity index (χ0v) is 11.4. The van der Waals surface area contributed by atoms with Crippen LogP contribution < -0.4 is 5.32 Å². The summed E-state index contributed by atoms with van der Waals surface area (Å²) in [6, 6.07) is 9.97. The van der Waals surface area contributed by atoms with Crippen LogP contribution in [0.5, 0.6) is 0 Å². The largest absolute Gasteiger partial charge is 0.468 e. The van der Waals surface area contributed by atoms with E-state index in [0.29, 0.717) is 0 Å². The van der Waals surface area contributed by atoms with E-state index in [2.05, 4.69) is 17.2 Å². The average Bonchev–Trinajstić information content (AvgIpc) is 3.05. The fourth-order valence-corrected chi connectivity index (χ4v) is 2.38. The van der Waals surface area contributed by atoms with Gasteiger partial charge in [0.1, 0.15) is 5.76 Å². The minimum Gasteiger partial charge on any atom is -0.468 e. The van der Waals surface area contributed by atoms with E-state index in [-0.39, 0.29) is 6.04 Å². The predicted octanol–water partition coefficient (Wildman–Crippen LogP) is 4.27. The van der Waals surface area contributed by atoms with Gasteiger partial charge in [-0.15, -0.1) is 0 Å².